The van der Waals surface area contributed by atoms with E-state index in [0.717, 1.165) is 11.0 Å². The lowest BCUT2D eigenvalue weighted by atomic mass is 10.3. The van der Waals surface area contributed by atoms with Crippen LogP contribution in [0.4, 0.5) is 0 Å². The summed E-state index contributed by atoms with van der Waals surface area (Å²) in [6, 6.07) is 7.54. The van der Waals surface area contributed by atoms with E-state index < -0.39 is 6.10 Å². The molecule has 1 fully saturated rings. The Morgan fingerprint density at radius 1 is 1.56 bits per heavy atom. The molecular formula is C14H18BrNO2. The first-order valence-corrected chi connectivity index (χ1v) is 7.03. The molecule has 0 heterocycles. The summed E-state index contributed by atoms with van der Waals surface area (Å²) in [7, 11) is 1.85. The zero-order valence-electron chi connectivity index (χ0n) is 10.7. The number of ether oxygens (including phenoxy) is 1. The van der Waals surface area contributed by atoms with Crippen LogP contribution in [0.1, 0.15) is 19.8 Å². The second-order valence-electron chi connectivity index (χ2n) is 4.88. The molecular weight excluding hydrogens is 294 g/mol. The monoisotopic (exact) mass is 311 g/mol. The zero-order valence-corrected chi connectivity index (χ0v) is 12.3. The van der Waals surface area contributed by atoms with Crippen molar-refractivity contribution in [3.63, 3.8) is 0 Å². The van der Waals surface area contributed by atoms with Crippen molar-refractivity contribution in [3.05, 3.63) is 28.7 Å². The molecule has 1 atom stereocenters. The summed E-state index contributed by atoms with van der Waals surface area (Å²) in [5.74, 6) is 1.46. The van der Waals surface area contributed by atoms with Gasteiger partial charge in [-0.2, -0.15) is 0 Å². The topological polar surface area (TPSA) is 29.5 Å². The lowest BCUT2D eigenvalue weighted by Gasteiger charge is -2.22. The quantitative estimate of drug-likeness (QED) is 0.836. The molecule has 0 N–H and O–H groups in total. The molecule has 1 amide bonds. The first-order chi connectivity index (χ1) is 8.56. The lowest BCUT2D eigenvalue weighted by molar-refractivity contribution is -0.136. The molecule has 2 rings (SSSR count). The molecule has 0 saturated heterocycles. The van der Waals surface area contributed by atoms with Crippen molar-refractivity contribution in [2.75, 3.05) is 13.6 Å². The summed E-state index contributed by atoms with van der Waals surface area (Å²) in [4.78, 5) is 13.9. The smallest absolute Gasteiger partial charge is 0.263 e. The van der Waals surface area contributed by atoms with Crippen LogP contribution < -0.4 is 4.74 Å². The number of benzene rings is 1. The van der Waals surface area contributed by atoms with Crippen LogP contribution in [-0.4, -0.2) is 30.5 Å². The molecule has 18 heavy (non-hydrogen) atoms. The van der Waals surface area contributed by atoms with Gasteiger partial charge in [-0.25, -0.2) is 0 Å². The Kier molecular flexibility index (Phi) is 4.27. The minimum Gasteiger partial charge on any atom is -0.481 e. The van der Waals surface area contributed by atoms with Crippen LogP contribution in [-0.2, 0) is 4.79 Å². The molecule has 1 saturated carbocycles. The van der Waals surface area contributed by atoms with Crippen LogP contribution >= 0.6 is 15.9 Å². The summed E-state index contributed by atoms with van der Waals surface area (Å²) < 4.78 is 6.61. The molecule has 0 radical (unpaired) electrons. The number of carbonyl (C=O) groups excluding carboxylic acids is 1. The molecule has 4 heteroatoms. The van der Waals surface area contributed by atoms with Crippen molar-refractivity contribution in [1.29, 1.82) is 0 Å². The van der Waals surface area contributed by atoms with Gasteiger partial charge in [-0.05, 0) is 43.9 Å². The van der Waals surface area contributed by atoms with Gasteiger partial charge in [0.2, 0.25) is 0 Å². The van der Waals surface area contributed by atoms with Gasteiger partial charge in [0.25, 0.3) is 5.91 Å². The molecule has 1 aliphatic carbocycles. The van der Waals surface area contributed by atoms with Gasteiger partial charge in [0.1, 0.15) is 5.75 Å². The van der Waals surface area contributed by atoms with Crippen LogP contribution in [0.5, 0.6) is 5.75 Å². The fraction of sp³-hybridized carbons (Fsp3) is 0.500. The van der Waals surface area contributed by atoms with Gasteiger partial charge in [0.05, 0.1) is 0 Å². The van der Waals surface area contributed by atoms with E-state index >= 15 is 0 Å². The number of carbonyl (C=O) groups is 1. The van der Waals surface area contributed by atoms with Gasteiger partial charge >= 0.3 is 0 Å². The van der Waals surface area contributed by atoms with Gasteiger partial charge in [-0.15, -0.1) is 0 Å². The van der Waals surface area contributed by atoms with Crippen molar-refractivity contribution in [2.45, 2.75) is 25.9 Å². The standard InChI is InChI=1S/C14H18BrNO2/c1-10(14(17)16(2)9-11-6-7-11)18-13-5-3-4-12(15)8-13/h3-5,8,10-11H,6-7,9H2,1-2H3. The Bertz CT molecular complexity index is 432. The highest BCUT2D eigenvalue weighted by atomic mass is 79.9. The molecule has 1 aromatic carbocycles. The van der Waals surface area contributed by atoms with E-state index in [-0.39, 0.29) is 5.91 Å². The van der Waals surface area contributed by atoms with E-state index in [1.165, 1.54) is 12.8 Å². The second-order valence-corrected chi connectivity index (χ2v) is 5.80. The molecule has 1 aromatic rings. The highest BCUT2D eigenvalue weighted by molar-refractivity contribution is 9.10. The van der Waals surface area contributed by atoms with E-state index in [1.807, 2.05) is 31.3 Å². The van der Waals surface area contributed by atoms with Crippen LogP contribution in [0.2, 0.25) is 0 Å². The Balaban J connectivity index is 1.89. The van der Waals surface area contributed by atoms with Gasteiger partial charge in [-0.1, -0.05) is 22.0 Å². The number of halogens is 1. The summed E-state index contributed by atoms with van der Waals surface area (Å²) in [6.07, 6.45) is 2.06. The predicted octanol–water partition coefficient (Wildman–Crippen LogP) is 3.08. The number of amides is 1. The Morgan fingerprint density at radius 2 is 2.28 bits per heavy atom. The molecule has 0 spiro atoms. The van der Waals surface area contributed by atoms with Crippen LogP contribution in [0.3, 0.4) is 0 Å². The van der Waals surface area contributed by atoms with E-state index in [4.69, 9.17) is 4.74 Å². The summed E-state index contributed by atoms with van der Waals surface area (Å²) >= 11 is 3.38. The van der Waals surface area contributed by atoms with Crippen molar-refractivity contribution in [3.8, 4) is 5.75 Å². The Labute approximate surface area is 116 Å². The van der Waals surface area contributed by atoms with Gasteiger partial charge in [0, 0.05) is 18.1 Å². The molecule has 1 aliphatic rings. The van der Waals surface area contributed by atoms with Crippen LogP contribution in [0.25, 0.3) is 0 Å². The highest BCUT2D eigenvalue weighted by Gasteiger charge is 2.27. The third-order valence-corrected chi connectivity index (χ3v) is 3.56. The fourth-order valence-electron chi connectivity index (χ4n) is 1.88. The largest absolute Gasteiger partial charge is 0.481 e. The molecule has 0 aliphatic heterocycles. The van der Waals surface area contributed by atoms with E-state index in [0.29, 0.717) is 11.7 Å². The maximum Gasteiger partial charge on any atom is 0.263 e. The van der Waals surface area contributed by atoms with Gasteiger partial charge < -0.3 is 9.64 Å². The molecule has 0 bridgehead atoms. The van der Waals surface area contributed by atoms with Crippen molar-refractivity contribution in [2.24, 2.45) is 5.92 Å². The number of hydrogen-bond donors (Lipinski definition) is 0. The number of likely N-dealkylation sites (N-methyl/N-ethyl adjacent to an activating group) is 1. The summed E-state index contributed by atoms with van der Waals surface area (Å²) in [6.45, 7) is 2.65. The average molecular weight is 312 g/mol. The molecule has 3 nitrogen and oxygen atoms in total. The Hall–Kier alpha value is -1.03. The minimum atomic E-state index is -0.442. The van der Waals surface area contributed by atoms with E-state index in [9.17, 15) is 4.79 Å². The van der Waals surface area contributed by atoms with Gasteiger partial charge in [-0.3, -0.25) is 4.79 Å². The second kappa shape index (κ2) is 5.74. The molecule has 98 valence electrons. The minimum absolute atomic E-state index is 0.0434. The fourth-order valence-corrected chi connectivity index (χ4v) is 2.26. The van der Waals surface area contributed by atoms with Crippen molar-refractivity contribution >= 4 is 21.8 Å². The summed E-state index contributed by atoms with van der Waals surface area (Å²) in [5.41, 5.74) is 0. The first kappa shape index (κ1) is 13.4. The molecule has 0 aromatic heterocycles. The third-order valence-electron chi connectivity index (χ3n) is 3.06. The van der Waals surface area contributed by atoms with Crippen LogP contribution in [0, 0.1) is 5.92 Å². The van der Waals surface area contributed by atoms with E-state index in [1.54, 1.807) is 11.8 Å². The summed E-state index contributed by atoms with van der Waals surface area (Å²) in [5, 5.41) is 0. The lowest BCUT2D eigenvalue weighted by Crippen LogP contribution is -2.38. The maximum absolute atomic E-state index is 12.1. The zero-order chi connectivity index (χ0) is 13.1. The molecule has 1 unspecified atom stereocenters. The van der Waals surface area contributed by atoms with Gasteiger partial charge in [0.15, 0.2) is 6.10 Å². The average Bonchev–Trinajstić information content (AvgIpc) is 3.11. The van der Waals surface area contributed by atoms with Crippen molar-refractivity contribution < 1.29 is 9.53 Å². The maximum atomic E-state index is 12.1. The van der Waals surface area contributed by atoms with Crippen LogP contribution in [0.15, 0.2) is 28.7 Å². The predicted molar refractivity (Wildman–Crippen MR) is 74.6 cm³/mol. The van der Waals surface area contributed by atoms with Crippen molar-refractivity contribution in [1.82, 2.24) is 4.90 Å². The number of nitrogens with zero attached hydrogens (tertiary/aromatic N) is 1. The number of hydrogen-bond acceptors (Lipinski definition) is 2. The first-order valence-electron chi connectivity index (χ1n) is 6.23. The SMILES string of the molecule is CC(Oc1cccc(Br)c1)C(=O)N(C)CC1CC1. The normalized spacial score (nSPS) is 16.2. The Morgan fingerprint density at radius 3 is 2.89 bits per heavy atom. The van der Waals surface area contributed by atoms with E-state index in [2.05, 4.69) is 15.9 Å². The number of rotatable bonds is 5. The third kappa shape index (κ3) is 3.73. The highest BCUT2D eigenvalue weighted by Crippen LogP contribution is 2.29.